The molecule has 0 aromatic carbocycles. The number of aryl methyl sites for hydroxylation is 2. The molecule has 0 unspecified atom stereocenters. The molecule has 0 bridgehead atoms. The van der Waals surface area contributed by atoms with Crippen LogP contribution in [-0.4, -0.2) is 9.13 Å². The summed E-state index contributed by atoms with van der Waals surface area (Å²) < 4.78 is 23.4. The molecule has 1 rings (SSSR count). The summed E-state index contributed by atoms with van der Waals surface area (Å²) in [7, 11) is 0. The average molecular weight is 199 g/mol. The molecule has 0 saturated heterocycles. The van der Waals surface area contributed by atoms with Gasteiger partial charge in [0.25, 0.3) is 5.56 Å². The van der Waals surface area contributed by atoms with Crippen molar-refractivity contribution in [1.29, 1.82) is 0 Å². The lowest BCUT2D eigenvalue weighted by atomic mass is 10.1. The zero-order chi connectivity index (χ0) is 13.6. The highest BCUT2D eigenvalue weighted by atomic mass is 16.2. The highest BCUT2D eigenvalue weighted by Crippen LogP contribution is 2.07. The third kappa shape index (κ3) is 1.64. The molecule has 0 saturated carbocycles. The number of aromatic nitrogens is 2. The molecule has 0 fully saturated rings. The van der Waals surface area contributed by atoms with E-state index in [0.29, 0.717) is 4.57 Å². The zero-order valence-corrected chi connectivity index (χ0v) is 8.79. The molecule has 0 atom stereocenters. The number of hydrogen-bond donors (Lipinski definition) is 0. The van der Waals surface area contributed by atoms with Crippen LogP contribution in [0.4, 0.5) is 0 Å². The predicted molar refractivity (Wildman–Crippen MR) is 55.7 cm³/mol. The van der Waals surface area contributed by atoms with Gasteiger partial charge in [0.2, 0.25) is 0 Å². The van der Waals surface area contributed by atoms with Crippen LogP contribution in [0.15, 0.2) is 15.8 Å². The van der Waals surface area contributed by atoms with Crippen LogP contribution in [0.2, 0.25) is 0 Å². The molecule has 0 amide bonds. The van der Waals surface area contributed by atoms with Crippen molar-refractivity contribution in [1.82, 2.24) is 9.13 Å². The minimum Gasteiger partial charge on any atom is -0.303 e. The molecule has 0 spiro atoms. The van der Waals surface area contributed by atoms with Crippen molar-refractivity contribution in [2.75, 3.05) is 0 Å². The highest BCUT2D eigenvalue weighted by molar-refractivity contribution is 5.04. The Morgan fingerprint density at radius 1 is 1.36 bits per heavy atom. The van der Waals surface area contributed by atoms with E-state index >= 15 is 0 Å². The van der Waals surface area contributed by atoms with Gasteiger partial charge in [-0.2, -0.15) is 0 Å². The monoisotopic (exact) mass is 199 g/mol. The third-order valence-electron chi connectivity index (χ3n) is 1.93. The number of rotatable bonds is 0. The second-order valence-corrected chi connectivity index (χ2v) is 4.28. The van der Waals surface area contributed by atoms with Crippen LogP contribution in [0.1, 0.15) is 30.4 Å². The first kappa shape index (κ1) is 7.04. The average Bonchev–Trinajstić information content (AvgIpc) is 2.07. The summed E-state index contributed by atoms with van der Waals surface area (Å²) in [5, 5.41) is 0. The molecule has 0 aliphatic heterocycles. The molecule has 14 heavy (non-hydrogen) atoms. The van der Waals surface area contributed by atoms with Crippen LogP contribution in [0.25, 0.3) is 0 Å². The summed E-state index contributed by atoms with van der Waals surface area (Å²) in [6, 6.07) is 0. The normalized spacial score (nSPS) is 15.9. The molecule has 1 aromatic heterocycles. The molecule has 4 heteroatoms. The van der Waals surface area contributed by atoms with E-state index in [1.54, 1.807) is 20.8 Å². The van der Waals surface area contributed by atoms with Crippen molar-refractivity contribution in [2.24, 2.45) is 6.98 Å². The standard InChI is InChI=1S/C10H16N2O2/c1-7-6-11(5)9(14)12(8(7)13)10(2,3)4/h6H,1-5H3/i5D3. The maximum absolute atomic E-state index is 12.0. The molecule has 0 aliphatic rings. The van der Waals surface area contributed by atoms with Gasteiger partial charge in [0.1, 0.15) is 0 Å². The minimum absolute atomic E-state index is 0.232. The maximum atomic E-state index is 12.0. The van der Waals surface area contributed by atoms with Crippen molar-refractivity contribution in [2.45, 2.75) is 33.2 Å². The molecular formula is C10H16N2O2. The van der Waals surface area contributed by atoms with Crippen molar-refractivity contribution < 1.29 is 4.11 Å². The lowest BCUT2D eigenvalue weighted by molar-refractivity contribution is 0.356. The van der Waals surface area contributed by atoms with Crippen LogP contribution < -0.4 is 11.2 Å². The van der Waals surface area contributed by atoms with Crippen LogP contribution in [0.3, 0.4) is 0 Å². The van der Waals surface area contributed by atoms with Gasteiger partial charge < -0.3 is 4.57 Å². The fourth-order valence-electron chi connectivity index (χ4n) is 1.27. The fourth-order valence-corrected chi connectivity index (χ4v) is 1.27. The third-order valence-corrected chi connectivity index (χ3v) is 1.93. The smallest absolute Gasteiger partial charge is 0.303 e. The first-order chi connectivity index (χ1) is 7.46. The summed E-state index contributed by atoms with van der Waals surface area (Å²) in [5.74, 6) is 0. The molecule has 78 valence electrons. The van der Waals surface area contributed by atoms with Gasteiger partial charge in [-0.1, -0.05) is 0 Å². The Kier molecular flexibility index (Phi) is 1.57. The Balaban J connectivity index is 3.81. The van der Waals surface area contributed by atoms with E-state index in [9.17, 15) is 9.59 Å². The largest absolute Gasteiger partial charge is 0.331 e. The molecule has 0 aliphatic carbocycles. The second-order valence-electron chi connectivity index (χ2n) is 4.28. The van der Waals surface area contributed by atoms with Gasteiger partial charge in [0.15, 0.2) is 0 Å². The van der Waals surface area contributed by atoms with Gasteiger partial charge in [-0.05, 0) is 27.7 Å². The van der Waals surface area contributed by atoms with E-state index < -0.39 is 23.8 Å². The first-order valence-corrected chi connectivity index (χ1v) is 4.32. The quantitative estimate of drug-likeness (QED) is 0.614. The summed E-state index contributed by atoms with van der Waals surface area (Å²) in [6.45, 7) is 3.95. The SMILES string of the molecule is [2H]C([2H])([2H])n1cc(C)c(=O)n(C(C)(C)C)c1=O. The van der Waals surface area contributed by atoms with Crippen molar-refractivity contribution in [3.63, 3.8) is 0 Å². The second kappa shape index (κ2) is 3.12. The van der Waals surface area contributed by atoms with E-state index in [2.05, 4.69) is 0 Å². The summed E-state index contributed by atoms with van der Waals surface area (Å²) in [5.41, 5.74) is -1.79. The Morgan fingerprint density at radius 3 is 2.36 bits per heavy atom. The van der Waals surface area contributed by atoms with Gasteiger partial charge >= 0.3 is 5.69 Å². The predicted octanol–water partition coefficient (Wildman–Crippen LogP) is 0.610. The number of hydrogen-bond acceptors (Lipinski definition) is 2. The molecule has 0 N–H and O–H groups in total. The lowest BCUT2D eigenvalue weighted by Gasteiger charge is -2.22. The molecule has 4 nitrogen and oxygen atoms in total. The van der Waals surface area contributed by atoms with E-state index in [4.69, 9.17) is 4.11 Å². The summed E-state index contributed by atoms with van der Waals surface area (Å²) in [4.78, 5) is 23.9. The topological polar surface area (TPSA) is 44.0 Å². The van der Waals surface area contributed by atoms with Gasteiger partial charge in [-0.25, -0.2) is 4.79 Å². The van der Waals surface area contributed by atoms with Gasteiger partial charge in [0, 0.05) is 28.4 Å². The van der Waals surface area contributed by atoms with Crippen LogP contribution in [0, 0.1) is 6.92 Å². The van der Waals surface area contributed by atoms with Gasteiger partial charge in [-0.15, -0.1) is 0 Å². The van der Waals surface area contributed by atoms with Crippen LogP contribution in [-0.2, 0) is 12.5 Å². The molecule has 0 radical (unpaired) electrons. The van der Waals surface area contributed by atoms with E-state index in [1.807, 2.05) is 0 Å². The Bertz CT molecular complexity index is 547. The zero-order valence-electron chi connectivity index (χ0n) is 11.8. The molecule has 1 aromatic rings. The molecule has 1 heterocycles. The van der Waals surface area contributed by atoms with Crippen molar-refractivity contribution in [3.8, 4) is 0 Å². The highest BCUT2D eigenvalue weighted by Gasteiger charge is 2.19. The maximum Gasteiger partial charge on any atom is 0.331 e. The van der Waals surface area contributed by atoms with E-state index in [-0.39, 0.29) is 5.56 Å². The van der Waals surface area contributed by atoms with Crippen molar-refractivity contribution in [3.05, 3.63) is 32.6 Å². The van der Waals surface area contributed by atoms with E-state index in [1.165, 1.54) is 6.92 Å². The first-order valence-electron chi connectivity index (χ1n) is 5.82. The summed E-state index contributed by atoms with van der Waals surface area (Å²) >= 11 is 0. The van der Waals surface area contributed by atoms with Crippen LogP contribution >= 0.6 is 0 Å². The minimum atomic E-state index is -2.58. The van der Waals surface area contributed by atoms with Crippen LogP contribution in [0.5, 0.6) is 0 Å². The van der Waals surface area contributed by atoms with Gasteiger partial charge in [-0.3, -0.25) is 9.36 Å². The van der Waals surface area contributed by atoms with E-state index in [0.717, 1.165) is 10.8 Å². The fraction of sp³-hybridized carbons (Fsp3) is 0.600. The number of nitrogens with zero attached hydrogens (tertiary/aromatic N) is 2. The Hall–Kier alpha value is -1.32. The van der Waals surface area contributed by atoms with Gasteiger partial charge in [0.05, 0.1) is 0 Å². The summed E-state index contributed by atoms with van der Waals surface area (Å²) in [6.07, 6.45) is 1.08. The lowest BCUT2D eigenvalue weighted by Crippen LogP contribution is -2.47. The Morgan fingerprint density at radius 2 is 1.93 bits per heavy atom. The Labute approximate surface area is 87.0 Å². The van der Waals surface area contributed by atoms with Crippen molar-refractivity contribution >= 4 is 0 Å². The molecular weight excluding hydrogens is 180 g/mol.